The Morgan fingerprint density at radius 3 is 2.06 bits per heavy atom. The Kier molecular flexibility index (Phi) is 39.2. The number of carbonyl (C=O) groups is 3. The number of aliphatic hydroxyl groups is 3. The third kappa shape index (κ3) is 34.7. The van der Waals surface area contributed by atoms with E-state index in [2.05, 4.69) is 42.2 Å². The van der Waals surface area contributed by atoms with E-state index in [4.69, 9.17) is 39.8 Å². The maximum atomic E-state index is 13.2. The summed E-state index contributed by atoms with van der Waals surface area (Å²) in [5.41, 5.74) is 10.8. The molecule has 1 aliphatic heterocycles. The summed E-state index contributed by atoms with van der Waals surface area (Å²) in [4.78, 5) is 74.2. The van der Waals surface area contributed by atoms with Crippen molar-refractivity contribution in [2.75, 3.05) is 31.3 Å². The van der Waals surface area contributed by atoms with Crippen LogP contribution in [0.1, 0.15) is 188 Å². The van der Waals surface area contributed by atoms with E-state index in [1.807, 2.05) is 18.2 Å². The predicted octanol–water partition coefficient (Wildman–Crippen LogP) is 9.68. The summed E-state index contributed by atoms with van der Waals surface area (Å²) in [6.45, 7) is 4.00. The molecule has 10 N–H and O–H groups in total. The number of rotatable bonds is 48. The fourth-order valence-electron chi connectivity index (χ4n) is 8.44. The molecule has 1 saturated heterocycles. The molecule has 22 nitrogen and oxygen atoms in total. The molecule has 81 heavy (non-hydrogen) atoms. The van der Waals surface area contributed by atoms with Crippen molar-refractivity contribution in [1.29, 1.82) is 0 Å². The van der Waals surface area contributed by atoms with Crippen molar-refractivity contribution in [1.82, 2.24) is 9.55 Å². The highest BCUT2D eigenvalue weighted by Crippen LogP contribution is 2.60. The quantitative estimate of drug-likeness (QED) is 0.00989. The zero-order valence-electron chi connectivity index (χ0n) is 47.9. The number of allylic oxidation sites excluding steroid dienone is 7. The summed E-state index contributed by atoms with van der Waals surface area (Å²) >= 11 is 1.12. The highest BCUT2D eigenvalue weighted by atomic mass is 32.2. The number of hydrogen-bond donors (Lipinski definition) is 8. The molecule has 3 unspecified atom stereocenters. The average molecular weight is 1210 g/mol. The lowest BCUT2D eigenvalue weighted by Crippen LogP contribution is -2.38. The van der Waals surface area contributed by atoms with Gasteiger partial charge >= 0.3 is 39.2 Å². The molecule has 0 bridgehead atoms. The molecule has 2 rings (SSSR count). The molecule has 464 valence electrons. The van der Waals surface area contributed by atoms with E-state index in [0.717, 1.165) is 79.8 Å². The van der Waals surface area contributed by atoms with E-state index in [1.54, 1.807) is 18.2 Å². The molecular formula is C56H96N4O18P2S. The first kappa shape index (κ1) is 73.6. The van der Waals surface area contributed by atoms with E-state index in [1.165, 1.54) is 83.1 Å². The van der Waals surface area contributed by atoms with Crippen LogP contribution in [0.4, 0.5) is 5.82 Å². The van der Waals surface area contributed by atoms with Crippen molar-refractivity contribution in [3.8, 4) is 0 Å². The van der Waals surface area contributed by atoms with Crippen molar-refractivity contribution >= 4 is 51.1 Å². The lowest BCUT2D eigenvalue weighted by atomic mass is 9.99. The van der Waals surface area contributed by atoms with Crippen molar-refractivity contribution in [2.45, 2.75) is 229 Å². The number of esters is 2. The highest BCUT2D eigenvalue weighted by Gasteiger charge is 2.46. The first-order chi connectivity index (χ1) is 38.7. The number of nitrogens with zero attached hydrogens (tertiary/aromatic N) is 2. The van der Waals surface area contributed by atoms with E-state index in [0.29, 0.717) is 6.42 Å². The van der Waals surface area contributed by atoms with Gasteiger partial charge in [-0.15, -0.1) is 11.8 Å². The Balaban J connectivity index is 2.01. The normalized spacial score (nSPS) is 20.2. The third-order valence-electron chi connectivity index (χ3n) is 13.5. The van der Waals surface area contributed by atoms with Gasteiger partial charge in [0.05, 0.1) is 19.3 Å². The molecule has 0 aliphatic carbocycles. The van der Waals surface area contributed by atoms with Crippen LogP contribution in [0.25, 0.3) is 0 Å². The fraction of sp³-hybridized carbons (Fsp3) is 0.732. The van der Waals surface area contributed by atoms with Crippen LogP contribution < -0.4 is 17.2 Å². The van der Waals surface area contributed by atoms with Crippen LogP contribution in [0.2, 0.25) is 0 Å². The molecule has 1 aromatic heterocycles. The number of phosphoric acid groups is 2. The van der Waals surface area contributed by atoms with Crippen LogP contribution in [-0.2, 0) is 51.1 Å². The largest absolute Gasteiger partial charge is 0.481 e. The Labute approximate surface area is 483 Å². The first-order valence-electron chi connectivity index (χ1n) is 29.0. The number of carboxylic acids is 1. The maximum Gasteiger partial charge on any atom is 0.481 e. The molecule has 1 fully saturated rings. The number of aromatic nitrogens is 2. The van der Waals surface area contributed by atoms with E-state index in [-0.39, 0.29) is 37.3 Å². The second-order valence-electron chi connectivity index (χ2n) is 20.6. The second-order valence-corrected chi connectivity index (χ2v) is 24.9. The van der Waals surface area contributed by atoms with Gasteiger partial charge in [-0.1, -0.05) is 179 Å². The van der Waals surface area contributed by atoms with Crippen molar-refractivity contribution < 1.29 is 81.3 Å². The topological polar surface area (TPSA) is 349 Å². The van der Waals surface area contributed by atoms with Crippen molar-refractivity contribution in [2.24, 2.45) is 11.7 Å². The number of aliphatic hydroxyl groups excluding tert-OH is 3. The molecule has 0 amide bonds. The number of nitrogens with two attached hydrogens (primary N) is 2. The number of hydrogen-bond acceptors (Lipinski definition) is 19. The molecule has 0 radical (unpaired) electrons. The zero-order chi connectivity index (χ0) is 59.9. The number of carboxylic acid groups (broad SMARTS) is 1. The molecule has 0 aromatic carbocycles. The number of ether oxygens (including phenoxy) is 3. The summed E-state index contributed by atoms with van der Waals surface area (Å²) in [5.74, 6) is -2.12. The van der Waals surface area contributed by atoms with Crippen LogP contribution in [0.3, 0.4) is 0 Å². The number of thioether (sulfide) groups is 1. The predicted molar refractivity (Wildman–Crippen MR) is 313 cm³/mol. The fourth-order valence-corrected chi connectivity index (χ4v) is 11.7. The number of phosphoric ester groups is 2. The van der Waals surface area contributed by atoms with Gasteiger partial charge in [-0.05, 0) is 50.5 Å². The molecule has 1 aliphatic rings. The number of aliphatic carboxylic acids is 1. The zero-order valence-corrected chi connectivity index (χ0v) is 50.5. The van der Waals surface area contributed by atoms with E-state index < -0.39 is 107 Å². The van der Waals surface area contributed by atoms with Gasteiger partial charge in [0.1, 0.15) is 36.8 Å². The van der Waals surface area contributed by atoms with Crippen molar-refractivity contribution in [3.05, 3.63) is 71.4 Å². The molecule has 25 heteroatoms. The Hall–Kier alpha value is -3.54. The molecule has 11 atom stereocenters. The third-order valence-corrected chi connectivity index (χ3v) is 17.5. The van der Waals surface area contributed by atoms with Crippen LogP contribution in [-0.4, -0.2) is 125 Å². The lowest BCUT2D eigenvalue weighted by Gasteiger charge is -2.23. The summed E-state index contributed by atoms with van der Waals surface area (Å²) in [7, 11) is -11.1. The lowest BCUT2D eigenvalue weighted by molar-refractivity contribution is -0.161. The van der Waals surface area contributed by atoms with Crippen LogP contribution in [0, 0.1) is 5.92 Å². The van der Waals surface area contributed by atoms with Gasteiger partial charge in [-0.2, -0.15) is 9.29 Å². The van der Waals surface area contributed by atoms with E-state index in [9.17, 15) is 53.4 Å². The van der Waals surface area contributed by atoms with Gasteiger partial charge < -0.3 is 55.9 Å². The van der Waals surface area contributed by atoms with Gasteiger partial charge in [0.2, 0.25) is 0 Å². The van der Waals surface area contributed by atoms with Gasteiger partial charge in [-0.3, -0.25) is 28.0 Å². The second kappa shape index (κ2) is 43.1. The SMILES string of the molecule is CCCCC/C=C\C\C=C/C=C/C=C/[C@@H](SC[C@H](N)C(=O)OC[C@H](COP(=O)(O)OP(=O)(O)OC[C@H]1O[C@@H](n2ccc(N)nc2=O)[C@H](O)[C@@H]1O)OC(=O)CCCCCCCCCCCCCCCCC(C)CC)[C@@H](O)CCCC(=O)O. The number of unbranched alkanes of at least 4 members (excludes halogenated alkanes) is 16. The smallest absolute Gasteiger partial charge is 0.481 e. The maximum absolute atomic E-state index is 13.2. The number of carbonyl (C=O) groups excluding carboxylic acids is 2. The Morgan fingerprint density at radius 2 is 1.43 bits per heavy atom. The molecule has 0 saturated carbocycles. The molecule has 2 heterocycles. The van der Waals surface area contributed by atoms with Crippen LogP contribution in [0.5, 0.6) is 0 Å². The van der Waals surface area contributed by atoms with Crippen LogP contribution in [0.15, 0.2) is 65.7 Å². The van der Waals surface area contributed by atoms with Gasteiger partial charge in [0.15, 0.2) is 12.3 Å². The summed E-state index contributed by atoms with van der Waals surface area (Å²) in [6.07, 6.45) is 30.8. The number of anilines is 1. The Bertz CT molecular complexity index is 2200. The van der Waals surface area contributed by atoms with Gasteiger partial charge in [-0.25, -0.2) is 13.9 Å². The minimum absolute atomic E-state index is 0.0506. The first-order valence-corrected chi connectivity index (χ1v) is 33.0. The van der Waals surface area contributed by atoms with E-state index >= 15 is 0 Å². The molecule has 0 spiro atoms. The van der Waals surface area contributed by atoms with Crippen molar-refractivity contribution in [3.63, 3.8) is 0 Å². The molecule has 1 aromatic rings. The van der Waals surface area contributed by atoms with Crippen LogP contribution >= 0.6 is 27.4 Å². The number of nitrogen functional groups attached to an aromatic ring is 1. The monoisotopic (exact) mass is 1210 g/mol. The minimum Gasteiger partial charge on any atom is -0.481 e. The standard InChI is InChI=1S/C56H96N4O18P2S/c1-4-6-7-8-9-10-11-17-20-23-26-29-34-48(46(61)33-31-35-50(62)63)81-42-45(57)55(67)73-39-44(76-51(64)36-30-27-24-21-18-15-13-12-14-16-19-22-25-28-32-43(3)5-2)40-74-79(69,70)78-80(71,72)75-41-47-52(65)53(66)54(77-47)60-38-37-49(58)59-56(60)68/h9-10,17,20,23,26,29,34,37-38,43-48,52-54,61,65-66H,4-8,11-16,18-19,21-22,24-25,27-28,30-33,35-36,39-42,57H2,1-3H3,(H,62,63)(H,69,70)(H,71,72)(H2,58,59,68)/b10-9-,20-17-,26-23+,34-29+/t43?,44-,45+,46+,47-,48-,52-,53-,54-/m1/s1. The van der Waals surface area contributed by atoms with Gasteiger partial charge in [0, 0.05) is 30.0 Å². The summed E-state index contributed by atoms with van der Waals surface area (Å²) in [6, 6.07) is -0.0711. The molecular weight excluding hydrogens is 1110 g/mol. The highest BCUT2D eigenvalue weighted by molar-refractivity contribution is 8.00. The summed E-state index contributed by atoms with van der Waals surface area (Å²) in [5, 5.41) is 40.5. The van der Waals surface area contributed by atoms with Gasteiger partial charge in [0.25, 0.3) is 0 Å². The average Bonchev–Trinajstić information content (AvgIpc) is 3.70. The minimum atomic E-state index is -5.56. The Morgan fingerprint density at radius 1 is 0.802 bits per heavy atom. The summed E-state index contributed by atoms with van der Waals surface area (Å²) < 4.78 is 57.2.